The summed E-state index contributed by atoms with van der Waals surface area (Å²) in [6.07, 6.45) is 6.10. The Labute approximate surface area is 100 Å². The van der Waals surface area contributed by atoms with Gasteiger partial charge in [-0.05, 0) is 30.4 Å². The number of aromatic nitrogens is 1. The van der Waals surface area contributed by atoms with Crippen LogP contribution in [0.5, 0.6) is 0 Å². The summed E-state index contributed by atoms with van der Waals surface area (Å²) < 4.78 is 0. The first kappa shape index (κ1) is 10.5. The Kier molecular flexibility index (Phi) is 2.09. The molecule has 0 saturated heterocycles. The van der Waals surface area contributed by atoms with Crippen molar-refractivity contribution in [1.82, 2.24) is 4.98 Å². The number of pyridine rings is 1. The summed E-state index contributed by atoms with van der Waals surface area (Å²) in [6.45, 7) is 2.07. The monoisotopic (exact) mass is 226 g/mol. The van der Waals surface area contributed by atoms with E-state index in [1.165, 1.54) is 6.42 Å². The number of ketones is 1. The van der Waals surface area contributed by atoms with Gasteiger partial charge in [0.2, 0.25) is 0 Å². The largest absolute Gasteiger partial charge is 0.294 e. The second kappa shape index (κ2) is 3.40. The Morgan fingerprint density at radius 1 is 1.53 bits per heavy atom. The van der Waals surface area contributed by atoms with Crippen LogP contribution in [-0.2, 0) is 0 Å². The maximum Gasteiger partial charge on any atom is 0.169 e. The number of rotatable bonds is 0. The smallest absolute Gasteiger partial charge is 0.169 e. The van der Waals surface area contributed by atoms with Crippen LogP contribution in [0.15, 0.2) is 12.3 Å². The number of carbonyl (C=O) groups is 1. The molecule has 3 nitrogen and oxygen atoms in total. The number of carbonyl (C=O) groups excluding carboxylic acids is 1. The van der Waals surface area contributed by atoms with Gasteiger partial charge in [-0.15, -0.1) is 0 Å². The number of hydrogen-bond donors (Lipinski definition) is 0. The zero-order chi connectivity index (χ0) is 12.0. The van der Waals surface area contributed by atoms with Gasteiger partial charge >= 0.3 is 0 Å². The molecule has 0 aromatic carbocycles. The lowest BCUT2D eigenvalue weighted by molar-refractivity contribution is 0.0748. The van der Waals surface area contributed by atoms with E-state index in [9.17, 15) is 4.79 Å². The average Bonchev–Trinajstić information content (AvgIpc) is 2.59. The maximum atomic E-state index is 12.5. The second-order valence-corrected chi connectivity index (χ2v) is 5.31. The Morgan fingerprint density at radius 3 is 3.12 bits per heavy atom. The highest BCUT2D eigenvalue weighted by Gasteiger charge is 2.50. The van der Waals surface area contributed by atoms with Crippen LogP contribution in [0.4, 0.5) is 0 Å². The summed E-state index contributed by atoms with van der Waals surface area (Å²) in [5.74, 6) is 0.537. The Hall–Kier alpha value is -1.69. The van der Waals surface area contributed by atoms with Crippen molar-refractivity contribution in [3.05, 3.63) is 29.1 Å². The predicted octanol–water partition coefficient (Wildman–Crippen LogP) is 2.81. The van der Waals surface area contributed by atoms with E-state index in [1.807, 2.05) is 6.07 Å². The van der Waals surface area contributed by atoms with E-state index >= 15 is 0 Å². The molecule has 0 N–H and O–H groups in total. The van der Waals surface area contributed by atoms with Gasteiger partial charge < -0.3 is 0 Å². The van der Waals surface area contributed by atoms with Gasteiger partial charge in [0.25, 0.3) is 0 Å². The molecule has 2 aliphatic carbocycles. The first-order valence-electron chi connectivity index (χ1n) is 6.11. The lowest BCUT2D eigenvalue weighted by Crippen LogP contribution is -2.30. The molecule has 2 atom stereocenters. The fourth-order valence-corrected chi connectivity index (χ4v) is 3.41. The van der Waals surface area contributed by atoms with Crippen LogP contribution in [0.25, 0.3) is 0 Å². The minimum atomic E-state index is -0.240. The predicted molar refractivity (Wildman–Crippen MR) is 62.6 cm³/mol. The van der Waals surface area contributed by atoms with Gasteiger partial charge in [0.1, 0.15) is 11.8 Å². The minimum Gasteiger partial charge on any atom is -0.294 e. The van der Waals surface area contributed by atoms with Crippen molar-refractivity contribution in [2.45, 2.75) is 38.5 Å². The van der Waals surface area contributed by atoms with Crippen LogP contribution in [0.2, 0.25) is 0 Å². The van der Waals surface area contributed by atoms with E-state index in [1.54, 1.807) is 12.3 Å². The van der Waals surface area contributed by atoms with Gasteiger partial charge in [0, 0.05) is 17.2 Å². The second-order valence-electron chi connectivity index (χ2n) is 5.31. The van der Waals surface area contributed by atoms with E-state index in [4.69, 9.17) is 5.26 Å². The molecule has 1 saturated carbocycles. The summed E-state index contributed by atoms with van der Waals surface area (Å²) >= 11 is 0. The summed E-state index contributed by atoms with van der Waals surface area (Å²) in [5.41, 5.74) is 1.91. The van der Waals surface area contributed by atoms with Crippen LogP contribution in [0.3, 0.4) is 0 Å². The molecule has 0 radical (unpaired) electrons. The molecule has 2 unspecified atom stereocenters. The summed E-state index contributed by atoms with van der Waals surface area (Å²) in [7, 11) is 0. The van der Waals surface area contributed by atoms with Crippen molar-refractivity contribution < 1.29 is 4.79 Å². The highest BCUT2D eigenvalue weighted by Crippen LogP contribution is 2.54. The van der Waals surface area contributed by atoms with Gasteiger partial charge in [-0.1, -0.05) is 19.8 Å². The van der Waals surface area contributed by atoms with E-state index in [0.717, 1.165) is 30.4 Å². The van der Waals surface area contributed by atoms with Gasteiger partial charge in [-0.2, -0.15) is 5.26 Å². The van der Waals surface area contributed by atoms with E-state index in [0.29, 0.717) is 11.6 Å². The van der Waals surface area contributed by atoms with Gasteiger partial charge in [-0.25, -0.2) is 4.98 Å². The zero-order valence-corrected chi connectivity index (χ0v) is 9.86. The average molecular weight is 226 g/mol. The lowest BCUT2D eigenvalue weighted by atomic mass is 9.68. The first-order chi connectivity index (χ1) is 8.16. The van der Waals surface area contributed by atoms with Gasteiger partial charge in [-0.3, -0.25) is 4.79 Å². The molecule has 2 aliphatic rings. The Bertz CT molecular complexity index is 544. The molecule has 0 spiro atoms. The van der Waals surface area contributed by atoms with Crippen LogP contribution >= 0.6 is 0 Å². The van der Waals surface area contributed by atoms with Crippen LogP contribution in [0.1, 0.15) is 60.1 Å². The highest BCUT2D eigenvalue weighted by molar-refractivity contribution is 6.05. The van der Waals surface area contributed by atoms with E-state index in [2.05, 4.69) is 11.9 Å². The SMILES string of the molecule is CC12CCCCC1c1cnc(C#N)cc1C2=O. The first-order valence-corrected chi connectivity index (χ1v) is 6.11. The molecule has 1 fully saturated rings. The lowest BCUT2D eigenvalue weighted by Gasteiger charge is -2.34. The molecule has 0 amide bonds. The van der Waals surface area contributed by atoms with Crippen molar-refractivity contribution in [1.29, 1.82) is 5.26 Å². The molecule has 1 aromatic heterocycles. The summed E-state index contributed by atoms with van der Waals surface area (Å²) in [6, 6.07) is 3.68. The molecule has 3 heteroatoms. The number of Topliss-reactive ketones (excluding diaryl/α,β-unsaturated/α-hetero) is 1. The molecule has 1 heterocycles. The van der Waals surface area contributed by atoms with Crippen molar-refractivity contribution in [3.8, 4) is 6.07 Å². The molecule has 0 bridgehead atoms. The quantitative estimate of drug-likeness (QED) is 0.683. The number of nitriles is 1. The number of fused-ring (bicyclic) bond motifs is 3. The molecular weight excluding hydrogens is 212 g/mol. The maximum absolute atomic E-state index is 12.5. The van der Waals surface area contributed by atoms with Crippen molar-refractivity contribution in [2.24, 2.45) is 5.41 Å². The van der Waals surface area contributed by atoms with E-state index in [-0.39, 0.29) is 11.2 Å². The summed E-state index contributed by atoms with van der Waals surface area (Å²) in [4.78, 5) is 16.6. The van der Waals surface area contributed by atoms with Gasteiger partial charge in [0.05, 0.1) is 0 Å². The van der Waals surface area contributed by atoms with Crippen LogP contribution < -0.4 is 0 Å². The Morgan fingerprint density at radius 2 is 2.35 bits per heavy atom. The summed E-state index contributed by atoms with van der Waals surface area (Å²) in [5, 5.41) is 8.85. The fourth-order valence-electron chi connectivity index (χ4n) is 3.41. The highest BCUT2D eigenvalue weighted by atomic mass is 16.1. The van der Waals surface area contributed by atoms with Crippen LogP contribution in [-0.4, -0.2) is 10.8 Å². The normalized spacial score (nSPS) is 30.6. The molecule has 1 aromatic rings. The fraction of sp³-hybridized carbons (Fsp3) is 0.500. The third-order valence-electron chi connectivity index (χ3n) is 4.40. The van der Waals surface area contributed by atoms with Crippen molar-refractivity contribution in [3.63, 3.8) is 0 Å². The minimum absolute atomic E-state index is 0.219. The standard InChI is InChI=1S/C14H14N2O/c1-14-5-3-2-4-12(14)11-8-16-9(7-15)6-10(11)13(14)17/h6,8,12H,2-5H2,1H3. The molecule has 17 heavy (non-hydrogen) atoms. The van der Waals surface area contributed by atoms with Crippen LogP contribution in [0, 0.1) is 16.7 Å². The molecule has 86 valence electrons. The molecule has 0 aliphatic heterocycles. The van der Waals surface area contributed by atoms with Crippen molar-refractivity contribution in [2.75, 3.05) is 0 Å². The number of nitrogens with zero attached hydrogens (tertiary/aromatic N) is 2. The molecule has 3 rings (SSSR count). The van der Waals surface area contributed by atoms with Crippen molar-refractivity contribution >= 4 is 5.78 Å². The Balaban J connectivity index is 2.17. The topological polar surface area (TPSA) is 53.8 Å². The van der Waals surface area contributed by atoms with E-state index < -0.39 is 0 Å². The third-order valence-corrected chi connectivity index (χ3v) is 4.40. The zero-order valence-electron chi connectivity index (χ0n) is 9.86. The third kappa shape index (κ3) is 1.27. The van der Waals surface area contributed by atoms with Gasteiger partial charge in [0.15, 0.2) is 5.78 Å². The molecular formula is C14H14N2O. The number of hydrogen-bond acceptors (Lipinski definition) is 3.